The fraction of sp³-hybridized carbons (Fsp3) is 0.150. The van der Waals surface area contributed by atoms with Crippen molar-refractivity contribution in [3.05, 3.63) is 60.4 Å². The van der Waals surface area contributed by atoms with E-state index in [4.69, 9.17) is 0 Å². The lowest BCUT2D eigenvalue weighted by molar-refractivity contribution is 0.603. The van der Waals surface area contributed by atoms with Crippen molar-refractivity contribution in [2.75, 3.05) is 0 Å². The summed E-state index contributed by atoms with van der Waals surface area (Å²) >= 11 is 1.19. The van der Waals surface area contributed by atoms with Gasteiger partial charge in [-0.1, -0.05) is 0 Å². The van der Waals surface area contributed by atoms with Crippen molar-refractivity contribution in [3.63, 3.8) is 0 Å². The number of aromatic nitrogens is 7. The Morgan fingerprint density at radius 2 is 1.97 bits per heavy atom. The summed E-state index contributed by atoms with van der Waals surface area (Å²) < 4.78 is 18.2. The molecule has 5 aromatic rings. The number of hydrogen-bond acceptors (Lipinski definition) is 6. The number of rotatable bonds is 4. The number of halogens is 1. The van der Waals surface area contributed by atoms with Crippen LogP contribution in [0.4, 0.5) is 4.39 Å². The largest absolute Gasteiger partial charge is 0.272 e. The van der Waals surface area contributed by atoms with Crippen LogP contribution in [0.5, 0.6) is 0 Å². The van der Waals surface area contributed by atoms with E-state index in [-0.39, 0.29) is 5.82 Å². The van der Waals surface area contributed by atoms with E-state index in [1.54, 1.807) is 16.8 Å². The van der Waals surface area contributed by atoms with E-state index < -0.39 is 0 Å². The second kappa shape index (κ2) is 6.93. The van der Waals surface area contributed by atoms with Crippen LogP contribution in [0.2, 0.25) is 0 Å². The molecule has 0 fully saturated rings. The third-order valence-electron chi connectivity index (χ3n) is 4.59. The summed E-state index contributed by atoms with van der Waals surface area (Å²) in [5.41, 5.74) is 3.96. The Kier molecular flexibility index (Phi) is 4.24. The fourth-order valence-electron chi connectivity index (χ4n) is 3.07. The molecule has 0 unspecified atom stereocenters. The van der Waals surface area contributed by atoms with E-state index >= 15 is 0 Å². The average Bonchev–Trinajstić information content (AvgIpc) is 3.35. The van der Waals surface area contributed by atoms with Crippen LogP contribution in [0, 0.1) is 12.7 Å². The van der Waals surface area contributed by atoms with E-state index in [1.165, 1.54) is 17.8 Å². The van der Waals surface area contributed by atoms with Crippen molar-refractivity contribution in [1.82, 2.24) is 34.6 Å². The van der Waals surface area contributed by atoms with Crippen LogP contribution in [0.3, 0.4) is 0 Å². The first-order valence-electron chi connectivity index (χ1n) is 9.10. The summed E-state index contributed by atoms with van der Waals surface area (Å²) in [6.07, 6.45) is 5.52. The quantitative estimate of drug-likeness (QED) is 0.447. The minimum absolute atomic E-state index is 0.356. The number of fused-ring (bicyclic) bond motifs is 2. The molecule has 0 atom stereocenters. The molecule has 29 heavy (non-hydrogen) atoms. The Balaban J connectivity index is 1.56. The van der Waals surface area contributed by atoms with Gasteiger partial charge in [0.1, 0.15) is 5.82 Å². The second-order valence-electron chi connectivity index (χ2n) is 6.61. The van der Waals surface area contributed by atoms with Crippen molar-refractivity contribution in [3.8, 4) is 11.1 Å². The lowest BCUT2D eigenvalue weighted by Gasteiger charge is -2.06. The summed E-state index contributed by atoms with van der Waals surface area (Å²) in [6.45, 7) is 4.72. The third-order valence-corrected chi connectivity index (χ3v) is 5.56. The first-order chi connectivity index (χ1) is 14.1. The topological polar surface area (TPSA) is 73.8 Å². The van der Waals surface area contributed by atoms with E-state index in [1.807, 2.05) is 49.1 Å². The highest BCUT2D eigenvalue weighted by atomic mass is 32.2. The van der Waals surface area contributed by atoms with Gasteiger partial charge in [0, 0.05) is 41.5 Å². The lowest BCUT2D eigenvalue weighted by Crippen LogP contribution is -1.96. The highest BCUT2D eigenvalue weighted by molar-refractivity contribution is 7.99. The molecule has 0 saturated heterocycles. The molecule has 0 aliphatic carbocycles. The smallest absolute Gasteiger partial charge is 0.217 e. The summed E-state index contributed by atoms with van der Waals surface area (Å²) in [7, 11) is 0. The van der Waals surface area contributed by atoms with Crippen molar-refractivity contribution < 1.29 is 4.39 Å². The van der Waals surface area contributed by atoms with Gasteiger partial charge < -0.3 is 0 Å². The van der Waals surface area contributed by atoms with Gasteiger partial charge in [-0.25, -0.2) is 4.39 Å². The summed E-state index contributed by atoms with van der Waals surface area (Å²) in [4.78, 5) is 4.86. The van der Waals surface area contributed by atoms with Crippen LogP contribution < -0.4 is 0 Å². The van der Waals surface area contributed by atoms with Crippen LogP contribution in [-0.4, -0.2) is 34.6 Å². The SMILES string of the molecule is CCn1cc(-c2cnc3cc(F)c(Sc4nnc5ccc(C)nn45)cc3c2)cn1. The molecule has 0 radical (unpaired) electrons. The molecule has 0 amide bonds. The monoisotopic (exact) mass is 405 g/mol. The number of nitrogens with zero attached hydrogens (tertiary/aromatic N) is 7. The zero-order chi connectivity index (χ0) is 20.0. The summed E-state index contributed by atoms with van der Waals surface area (Å²) in [6, 6.07) is 8.92. The molecule has 0 saturated carbocycles. The lowest BCUT2D eigenvalue weighted by atomic mass is 10.1. The number of benzene rings is 1. The van der Waals surface area contributed by atoms with Gasteiger partial charge in [0.05, 0.1) is 22.3 Å². The van der Waals surface area contributed by atoms with Crippen molar-refractivity contribution >= 4 is 28.3 Å². The molecular weight excluding hydrogens is 389 g/mol. The standard InChI is InChI=1S/C20H16FN7S/c1-3-27-11-15(10-23-27)14-6-13-7-18(16(21)8-17(13)22-9-14)29-20-25-24-19-5-4-12(2)26-28(19)20/h4-11H,3H2,1-2H3. The van der Waals surface area contributed by atoms with Gasteiger partial charge in [-0.2, -0.15) is 14.7 Å². The van der Waals surface area contributed by atoms with Crippen LogP contribution in [0.15, 0.2) is 59.0 Å². The normalized spacial score (nSPS) is 11.6. The number of aryl methyl sites for hydroxylation is 2. The zero-order valence-electron chi connectivity index (χ0n) is 15.7. The Bertz CT molecular complexity index is 1360. The van der Waals surface area contributed by atoms with Crippen LogP contribution in [0.25, 0.3) is 27.7 Å². The molecule has 7 nitrogen and oxygen atoms in total. The molecule has 0 aliphatic heterocycles. The number of hydrogen-bond donors (Lipinski definition) is 0. The molecule has 5 rings (SSSR count). The van der Waals surface area contributed by atoms with Gasteiger partial charge in [0.2, 0.25) is 5.16 Å². The second-order valence-corrected chi connectivity index (χ2v) is 7.62. The Labute approximate surface area is 169 Å². The molecule has 0 spiro atoms. The van der Waals surface area contributed by atoms with Crippen molar-refractivity contribution in [1.29, 1.82) is 0 Å². The van der Waals surface area contributed by atoms with E-state index in [9.17, 15) is 4.39 Å². The Morgan fingerprint density at radius 3 is 2.79 bits per heavy atom. The molecule has 144 valence electrons. The number of pyridine rings is 1. The maximum absolute atomic E-state index is 14.7. The van der Waals surface area contributed by atoms with E-state index in [2.05, 4.69) is 25.4 Å². The van der Waals surface area contributed by atoms with Gasteiger partial charge in [-0.3, -0.25) is 9.67 Å². The van der Waals surface area contributed by atoms with Crippen molar-refractivity contribution in [2.24, 2.45) is 0 Å². The molecule has 4 aromatic heterocycles. The zero-order valence-corrected chi connectivity index (χ0v) is 16.6. The predicted molar refractivity (Wildman–Crippen MR) is 108 cm³/mol. The average molecular weight is 405 g/mol. The highest BCUT2D eigenvalue weighted by Gasteiger charge is 2.14. The van der Waals surface area contributed by atoms with Crippen molar-refractivity contribution in [2.45, 2.75) is 30.4 Å². The van der Waals surface area contributed by atoms with E-state index in [0.29, 0.717) is 21.2 Å². The molecule has 9 heteroatoms. The van der Waals surface area contributed by atoms with Crippen LogP contribution >= 0.6 is 11.8 Å². The molecule has 0 aliphatic rings. The first-order valence-corrected chi connectivity index (χ1v) is 9.91. The van der Waals surface area contributed by atoms with Crippen LogP contribution in [-0.2, 0) is 6.54 Å². The maximum atomic E-state index is 14.7. The molecule has 1 aromatic carbocycles. The Morgan fingerprint density at radius 1 is 1.07 bits per heavy atom. The van der Waals surface area contributed by atoms with Crippen LogP contribution in [0.1, 0.15) is 12.6 Å². The minimum Gasteiger partial charge on any atom is -0.272 e. The summed E-state index contributed by atoms with van der Waals surface area (Å²) in [5, 5.41) is 18.3. The minimum atomic E-state index is -0.356. The highest BCUT2D eigenvalue weighted by Crippen LogP contribution is 2.32. The van der Waals surface area contributed by atoms with E-state index in [0.717, 1.165) is 28.8 Å². The first kappa shape index (κ1) is 17.7. The summed E-state index contributed by atoms with van der Waals surface area (Å²) in [5.74, 6) is -0.356. The van der Waals surface area contributed by atoms with Gasteiger partial charge in [-0.15, -0.1) is 10.2 Å². The van der Waals surface area contributed by atoms with Gasteiger partial charge in [0.25, 0.3) is 0 Å². The van der Waals surface area contributed by atoms with Gasteiger partial charge >= 0.3 is 0 Å². The molecule has 0 bridgehead atoms. The molecular formula is C20H16FN7S. The van der Waals surface area contributed by atoms with Gasteiger partial charge in [-0.05, 0) is 49.9 Å². The maximum Gasteiger partial charge on any atom is 0.217 e. The predicted octanol–water partition coefficient (Wildman–Crippen LogP) is 4.15. The van der Waals surface area contributed by atoms with Gasteiger partial charge in [0.15, 0.2) is 5.65 Å². The fourth-order valence-corrected chi connectivity index (χ4v) is 3.92. The molecule has 4 heterocycles. The Hall–Kier alpha value is -3.33. The third kappa shape index (κ3) is 3.23. The molecule has 0 N–H and O–H groups in total.